The molecule has 0 bridgehead atoms. The van der Waals surface area contributed by atoms with Crippen LogP contribution in [0.5, 0.6) is 17.2 Å². The Kier molecular flexibility index (Phi) is 12.8. The molecule has 1 aliphatic rings. The molecule has 0 radical (unpaired) electrons. The number of carbonyl (C=O) groups is 1. The van der Waals surface area contributed by atoms with E-state index in [1.165, 1.54) is 32.1 Å². The molecule has 1 saturated heterocycles. The molecule has 0 N–H and O–H groups in total. The van der Waals surface area contributed by atoms with E-state index in [1.807, 2.05) is 0 Å². The molecule has 0 aliphatic carbocycles. The SMILES string of the molecule is COc1ccc(CN(Cc2ccc(OC)cc2)S(=O)(=O)c2c(C(F)(F)F)ccc(C3CCN(C(=O)OC(C)(C)C)CC3)c2-c2nnnn2Cc2ccc(OC)cc2)cc1. The van der Waals surface area contributed by atoms with Gasteiger partial charge in [-0.3, -0.25) is 0 Å². The van der Waals surface area contributed by atoms with Crippen LogP contribution >= 0.6 is 0 Å². The first kappa shape index (κ1) is 42.9. The maximum absolute atomic E-state index is 15.4. The first-order valence-electron chi connectivity index (χ1n) is 18.9. The molecule has 4 aromatic carbocycles. The van der Waals surface area contributed by atoms with Gasteiger partial charge in [0.05, 0.1) is 33.4 Å². The number of nitrogens with zero attached hydrogens (tertiary/aromatic N) is 6. The third kappa shape index (κ3) is 10.1. The molecular formula is C42H47F3N6O7S. The van der Waals surface area contributed by atoms with Crippen LogP contribution in [0.2, 0.25) is 0 Å². The molecule has 1 amide bonds. The lowest BCUT2D eigenvalue weighted by Crippen LogP contribution is -2.41. The zero-order valence-corrected chi connectivity index (χ0v) is 34.5. The van der Waals surface area contributed by atoms with E-state index in [9.17, 15) is 4.79 Å². The number of carbonyl (C=O) groups excluding carboxylic acids is 1. The van der Waals surface area contributed by atoms with E-state index in [2.05, 4.69) is 15.5 Å². The lowest BCUT2D eigenvalue weighted by atomic mass is 9.85. The van der Waals surface area contributed by atoms with Crippen LogP contribution in [0.15, 0.2) is 89.8 Å². The van der Waals surface area contributed by atoms with Gasteiger partial charge in [-0.1, -0.05) is 42.5 Å². The molecule has 5 aromatic rings. The number of methoxy groups -OCH3 is 3. The van der Waals surface area contributed by atoms with Crippen LogP contribution in [0.25, 0.3) is 11.4 Å². The lowest BCUT2D eigenvalue weighted by molar-refractivity contribution is -0.139. The van der Waals surface area contributed by atoms with Crippen molar-refractivity contribution in [2.45, 2.75) is 75.8 Å². The second-order valence-corrected chi connectivity index (χ2v) is 17.0. The zero-order chi connectivity index (χ0) is 42.5. The van der Waals surface area contributed by atoms with Crippen LogP contribution in [-0.2, 0) is 40.6 Å². The van der Waals surface area contributed by atoms with E-state index in [-0.39, 0.29) is 44.1 Å². The van der Waals surface area contributed by atoms with Gasteiger partial charge in [0.25, 0.3) is 0 Å². The summed E-state index contributed by atoms with van der Waals surface area (Å²) in [5.41, 5.74) is -0.355. The average molecular weight is 837 g/mol. The number of piperidine rings is 1. The van der Waals surface area contributed by atoms with Crippen LogP contribution in [-0.4, -0.2) is 83.9 Å². The molecule has 0 atom stereocenters. The summed E-state index contributed by atoms with van der Waals surface area (Å²) >= 11 is 0. The van der Waals surface area contributed by atoms with Gasteiger partial charge < -0.3 is 23.8 Å². The highest BCUT2D eigenvalue weighted by atomic mass is 32.2. The Morgan fingerprint density at radius 1 is 0.763 bits per heavy atom. The molecule has 1 fully saturated rings. The van der Waals surface area contributed by atoms with Gasteiger partial charge in [0, 0.05) is 31.7 Å². The molecule has 1 aliphatic heterocycles. The molecule has 13 nitrogen and oxygen atoms in total. The number of tetrazole rings is 1. The number of sulfonamides is 1. The van der Waals surface area contributed by atoms with Crippen molar-refractivity contribution >= 4 is 16.1 Å². The number of hydrogen-bond donors (Lipinski definition) is 0. The molecule has 0 spiro atoms. The third-order valence-corrected chi connectivity index (χ3v) is 11.8. The van der Waals surface area contributed by atoms with E-state index in [0.29, 0.717) is 52.3 Å². The smallest absolute Gasteiger partial charge is 0.417 e. The topological polar surface area (TPSA) is 138 Å². The largest absolute Gasteiger partial charge is 0.497 e. The van der Waals surface area contributed by atoms with Crippen molar-refractivity contribution in [3.8, 4) is 28.6 Å². The Morgan fingerprint density at radius 2 is 1.25 bits per heavy atom. The summed E-state index contributed by atoms with van der Waals surface area (Å²) in [4.78, 5) is 13.6. The van der Waals surface area contributed by atoms with Crippen LogP contribution in [0, 0.1) is 0 Å². The number of benzene rings is 4. The minimum absolute atomic E-state index is 0.000000123. The van der Waals surface area contributed by atoms with E-state index in [0.717, 1.165) is 10.4 Å². The van der Waals surface area contributed by atoms with Crippen molar-refractivity contribution in [1.82, 2.24) is 29.4 Å². The maximum atomic E-state index is 15.4. The van der Waals surface area contributed by atoms with Crippen molar-refractivity contribution in [2.75, 3.05) is 34.4 Å². The zero-order valence-electron chi connectivity index (χ0n) is 33.7. The monoisotopic (exact) mass is 836 g/mol. The van der Waals surface area contributed by atoms with E-state index >= 15 is 21.6 Å². The Labute approximate surface area is 341 Å². The second kappa shape index (κ2) is 17.7. The van der Waals surface area contributed by atoms with Gasteiger partial charge in [0.1, 0.15) is 27.7 Å². The minimum atomic E-state index is -5.12. The van der Waals surface area contributed by atoms with Gasteiger partial charge in [-0.2, -0.15) is 17.5 Å². The molecule has 1 aromatic heterocycles. The predicted molar refractivity (Wildman–Crippen MR) is 213 cm³/mol. The highest BCUT2D eigenvalue weighted by Crippen LogP contribution is 2.46. The maximum Gasteiger partial charge on any atom is 0.417 e. The minimum Gasteiger partial charge on any atom is -0.497 e. The Balaban J connectivity index is 1.54. The number of amides is 1. The second-order valence-electron chi connectivity index (χ2n) is 15.1. The molecule has 0 saturated carbocycles. The highest BCUT2D eigenvalue weighted by Gasteiger charge is 2.44. The molecule has 2 heterocycles. The lowest BCUT2D eigenvalue weighted by Gasteiger charge is -2.35. The summed E-state index contributed by atoms with van der Waals surface area (Å²) in [6.45, 7) is 5.15. The van der Waals surface area contributed by atoms with Crippen molar-refractivity contribution in [3.63, 3.8) is 0 Å². The molecule has 6 rings (SSSR count). The van der Waals surface area contributed by atoms with E-state index < -0.39 is 44.3 Å². The van der Waals surface area contributed by atoms with Crippen LogP contribution in [0.3, 0.4) is 0 Å². The Morgan fingerprint density at radius 3 is 1.71 bits per heavy atom. The summed E-state index contributed by atoms with van der Waals surface area (Å²) in [6, 6.07) is 22.3. The Hall–Kier alpha value is -5.68. The summed E-state index contributed by atoms with van der Waals surface area (Å²) in [7, 11) is -0.554. The van der Waals surface area contributed by atoms with E-state index in [1.54, 1.807) is 98.5 Å². The predicted octanol–water partition coefficient (Wildman–Crippen LogP) is 7.94. The first-order chi connectivity index (χ1) is 28.0. The van der Waals surface area contributed by atoms with Gasteiger partial charge in [0.2, 0.25) is 10.0 Å². The number of alkyl halides is 3. The molecule has 0 unspecified atom stereocenters. The summed E-state index contributed by atoms with van der Waals surface area (Å²) < 4.78 is 101. The molecular weight excluding hydrogens is 790 g/mol. The normalized spacial score (nSPS) is 14.0. The van der Waals surface area contributed by atoms with Crippen LogP contribution < -0.4 is 14.2 Å². The number of hydrogen-bond acceptors (Lipinski definition) is 10. The summed E-state index contributed by atoms with van der Waals surface area (Å²) in [6.07, 6.45) is -5.02. The molecule has 314 valence electrons. The van der Waals surface area contributed by atoms with Gasteiger partial charge in [-0.05, 0) is 115 Å². The highest BCUT2D eigenvalue weighted by molar-refractivity contribution is 7.89. The number of ether oxygens (including phenoxy) is 4. The summed E-state index contributed by atoms with van der Waals surface area (Å²) in [5.74, 6) is 0.987. The van der Waals surface area contributed by atoms with Crippen molar-refractivity contribution in [3.05, 3.63) is 113 Å². The average Bonchev–Trinajstić information content (AvgIpc) is 3.67. The van der Waals surface area contributed by atoms with Crippen molar-refractivity contribution in [2.24, 2.45) is 0 Å². The number of likely N-dealkylation sites (tertiary alicyclic amines) is 1. The van der Waals surface area contributed by atoms with Gasteiger partial charge >= 0.3 is 12.3 Å². The number of halogens is 3. The molecule has 17 heteroatoms. The third-order valence-electron chi connectivity index (χ3n) is 9.96. The van der Waals surface area contributed by atoms with Crippen molar-refractivity contribution < 1.29 is 45.3 Å². The van der Waals surface area contributed by atoms with Gasteiger partial charge in [-0.15, -0.1) is 5.10 Å². The van der Waals surface area contributed by atoms with Crippen LogP contribution in [0.1, 0.15) is 67.3 Å². The fourth-order valence-electron chi connectivity index (χ4n) is 6.98. The first-order valence-corrected chi connectivity index (χ1v) is 20.3. The number of aromatic nitrogens is 4. The standard InChI is InChI=1S/C42H47F3N6O7S/c1-41(2,3)58-40(52)49-23-21-31(22-24-49)35-19-20-36(42(43,44)45)38(37(35)39-46-47-48-51(39)27-30-11-17-34(57-6)18-12-30)59(53,54)50(25-28-7-13-32(55-4)14-8-28)26-29-9-15-33(56-5)16-10-29/h7-20,31H,21-27H2,1-6H3. The molecule has 59 heavy (non-hydrogen) atoms. The number of rotatable bonds is 13. The summed E-state index contributed by atoms with van der Waals surface area (Å²) in [5, 5.41) is 12.3. The van der Waals surface area contributed by atoms with E-state index in [4.69, 9.17) is 18.9 Å². The van der Waals surface area contributed by atoms with Crippen LogP contribution in [0.4, 0.5) is 18.0 Å². The van der Waals surface area contributed by atoms with Gasteiger partial charge in [-0.25, -0.2) is 17.9 Å². The fraction of sp³-hybridized carbons (Fsp3) is 0.381. The Bertz CT molecular complexity index is 2270. The quantitative estimate of drug-likeness (QED) is 0.115. The van der Waals surface area contributed by atoms with Gasteiger partial charge in [0.15, 0.2) is 5.82 Å². The van der Waals surface area contributed by atoms with Crippen molar-refractivity contribution in [1.29, 1.82) is 0 Å². The fourth-order valence-corrected chi connectivity index (χ4v) is 8.80.